The molecule has 3 aromatic rings. The molecule has 5 nitrogen and oxygen atoms in total. The zero-order chi connectivity index (χ0) is 22.9. The third kappa shape index (κ3) is 6.69. The average Bonchev–Trinajstić information content (AvgIpc) is 2.86. The quantitative estimate of drug-likeness (QED) is 0.493. The summed E-state index contributed by atoms with van der Waals surface area (Å²) in [5.74, 6) is 0. The molecule has 0 radical (unpaired) electrons. The van der Waals surface area contributed by atoms with Crippen molar-refractivity contribution < 1.29 is 28.4 Å². The van der Waals surface area contributed by atoms with Crippen molar-refractivity contribution in [2.75, 3.05) is 6.61 Å². The highest BCUT2D eigenvalue weighted by atomic mass is 19.1. The number of halogens is 1. The van der Waals surface area contributed by atoms with Crippen LogP contribution in [0.2, 0.25) is 0 Å². The van der Waals surface area contributed by atoms with Crippen LogP contribution in [0.5, 0.6) is 0 Å². The first-order valence-electron chi connectivity index (χ1n) is 11.1. The lowest BCUT2D eigenvalue weighted by Crippen LogP contribution is -2.59. The van der Waals surface area contributed by atoms with Crippen molar-refractivity contribution in [3.8, 4) is 0 Å². The molecule has 0 spiro atoms. The molecule has 0 aliphatic carbocycles. The fourth-order valence-corrected chi connectivity index (χ4v) is 3.81. The van der Waals surface area contributed by atoms with Crippen molar-refractivity contribution in [1.29, 1.82) is 0 Å². The van der Waals surface area contributed by atoms with Gasteiger partial charge in [-0.3, -0.25) is 0 Å². The summed E-state index contributed by atoms with van der Waals surface area (Å²) < 4.78 is 38.1. The van der Waals surface area contributed by atoms with Gasteiger partial charge in [-0.15, -0.1) is 0 Å². The lowest BCUT2D eigenvalue weighted by molar-refractivity contribution is -0.288. The van der Waals surface area contributed by atoms with E-state index in [1.54, 1.807) is 0 Å². The van der Waals surface area contributed by atoms with Crippen LogP contribution in [0.4, 0.5) is 4.39 Å². The van der Waals surface area contributed by atoms with E-state index < -0.39 is 30.8 Å². The van der Waals surface area contributed by atoms with E-state index in [-0.39, 0.29) is 19.8 Å². The molecule has 0 bridgehead atoms. The van der Waals surface area contributed by atoms with Crippen molar-refractivity contribution in [1.82, 2.24) is 0 Å². The zero-order valence-electron chi connectivity index (χ0n) is 18.3. The fourth-order valence-electron chi connectivity index (χ4n) is 3.81. The Hall–Kier alpha value is -2.61. The summed E-state index contributed by atoms with van der Waals surface area (Å²) in [6, 6.07) is 28.9. The van der Waals surface area contributed by atoms with Gasteiger partial charge in [-0.1, -0.05) is 91.0 Å². The molecule has 5 atom stereocenters. The molecular formula is C27H29FO5. The maximum atomic E-state index is 14.6. The Balaban J connectivity index is 1.46. The molecule has 6 heteroatoms. The summed E-state index contributed by atoms with van der Waals surface area (Å²) in [6.07, 6.45) is -5.74. The summed E-state index contributed by atoms with van der Waals surface area (Å²) in [5, 5.41) is 10.6. The Kier molecular flexibility index (Phi) is 8.58. The van der Waals surface area contributed by atoms with Crippen LogP contribution in [0.15, 0.2) is 91.0 Å². The van der Waals surface area contributed by atoms with E-state index in [9.17, 15) is 9.50 Å². The molecular weight excluding hydrogens is 423 g/mol. The van der Waals surface area contributed by atoms with Crippen LogP contribution >= 0.6 is 0 Å². The first-order valence-corrected chi connectivity index (χ1v) is 11.1. The van der Waals surface area contributed by atoms with Gasteiger partial charge >= 0.3 is 0 Å². The molecule has 0 unspecified atom stereocenters. The van der Waals surface area contributed by atoms with Crippen LogP contribution in [0.1, 0.15) is 16.7 Å². The molecule has 1 N–H and O–H groups in total. The Morgan fingerprint density at radius 3 is 1.64 bits per heavy atom. The third-order valence-corrected chi connectivity index (χ3v) is 5.56. The number of hydrogen-bond donors (Lipinski definition) is 1. The normalized spacial score (nSPS) is 25.1. The van der Waals surface area contributed by atoms with Gasteiger partial charge < -0.3 is 24.1 Å². The number of benzene rings is 3. The van der Waals surface area contributed by atoms with Crippen molar-refractivity contribution in [2.24, 2.45) is 0 Å². The summed E-state index contributed by atoms with van der Waals surface area (Å²) >= 11 is 0. The standard InChI is InChI=1S/C27H29FO5/c28-27-24(29)26(32-18-22-14-8-3-9-15-22)25(31-17-21-12-6-2-7-13-21)23(33-27)19-30-16-20-10-4-1-5-11-20/h1-15,23-27,29H,16-19H2/t23-,24-,25-,26-,27-/m1/s1. The van der Waals surface area contributed by atoms with Gasteiger partial charge in [0.1, 0.15) is 24.4 Å². The number of alkyl halides is 1. The summed E-state index contributed by atoms with van der Waals surface area (Å²) in [6.45, 7) is 0.963. The number of hydrogen-bond acceptors (Lipinski definition) is 5. The largest absolute Gasteiger partial charge is 0.385 e. The number of ether oxygens (including phenoxy) is 4. The van der Waals surface area contributed by atoms with E-state index in [2.05, 4.69) is 0 Å². The van der Waals surface area contributed by atoms with Crippen molar-refractivity contribution in [3.63, 3.8) is 0 Å². The first-order chi connectivity index (χ1) is 16.2. The lowest BCUT2D eigenvalue weighted by Gasteiger charge is -2.42. The molecule has 0 amide bonds. The first kappa shape index (κ1) is 23.5. The van der Waals surface area contributed by atoms with E-state index in [0.29, 0.717) is 6.61 Å². The monoisotopic (exact) mass is 452 g/mol. The summed E-state index contributed by atoms with van der Waals surface area (Å²) in [4.78, 5) is 0. The van der Waals surface area contributed by atoms with E-state index in [1.165, 1.54) is 0 Å². The van der Waals surface area contributed by atoms with E-state index >= 15 is 0 Å². The molecule has 0 aromatic heterocycles. The molecule has 33 heavy (non-hydrogen) atoms. The molecule has 4 rings (SSSR count). The van der Waals surface area contributed by atoms with Crippen molar-refractivity contribution in [2.45, 2.75) is 50.6 Å². The fraction of sp³-hybridized carbons (Fsp3) is 0.333. The lowest BCUT2D eigenvalue weighted by atomic mass is 9.98. The van der Waals surface area contributed by atoms with Gasteiger partial charge in [0.15, 0.2) is 0 Å². The number of aliphatic hydroxyl groups excluding tert-OH is 1. The van der Waals surface area contributed by atoms with Gasteiger partial charge in [-0.2, -0.15) is 0 Å². The van der Waals surface area contributed by atoms with Gasteiger partial charge in [-0.05, 0) is 16.7 Å². The zero-order valence-corrected chi connectivity index (χ0v) is 18.3. The highest BCUT2D eigenvalue weighted by molar-refractivity contribution is 5.15. The van der Waals surface area contributed by atoms with E-state index in [1.807, 2.05) is 91.0 Å². The maximum Gasteiger partial charge on any atom is 0.228 e. The molecule has 1 aliphatic rings. The number of rotatable bonds is 10. The second kappa shape index (κ2) is 12.0. The minimum Gasteiger partial charge on any atom is -0.385 e. The SMILES string of the molecule is O[C@@H]1[C@@H](OCc2ccccc2)[C@H](OCc2ccccc2)[C@@H](COCc2ccccc2)O[C@H]1F. The average molecular weight is 453 g/mol. The minimum atomic E-state index is -1.90. The predicted molar refractivity (Wildman–Crippen MR) is 122 cm³/mol. The highest BCUT2D eigenvalue weighted by Gasteiger charge is 2.47. The predicted octanol–water partition coefficient (Wildman–Crippen LogP) is 4.43. The van der Waals surface area contributed by atoms with Crippen LogP contribution in [-0.2, 0) is 38.8 Å². The third-order valence-electron chi connectivity index (χ3n) is 5.56. The second-order valence-electron chi connectivity index (χ2n) is 8.04. The number of aliphatic hydroxyl groups is 1. The van der Waals surface area contributed by atoms with Crippen LogP contribution < -0.4 is 0 Å². The molecule has 3 aromatic carbocycles. The molecule has 1 heterocycles. The van der Waals surface area contributed by atoms with Gasteiger partial charge in [0, 0.05) is 0 Å². The Bertz CT molecular complexity index is 941. The van der Waals surface area contributed by atoms with Crippen LogP contribution in [0, 0.1) is 0 Å². The maximum absolute atomic E-state index is 14.6. The van der Waals surface area contributed by atoms with Gasteiger partial charge in [0.05, 0.1) is 26.4 Å². The van der Waals surface area contributed by atoms with Crippen molar-refractivity contribution in [3.05, 3.63) is 108 Å². The Morgan fingerprint density at radius 2 is 1.12 bits per heavy atom. The molecule has 1 fully saturated rings. The second-order valence-corrected chi connectivity index (χ2v) is 8.04. The molecule has 1 aliphatic heterocycles. The van der Waals surface area contributed by atoms with Crippen LogP contribution in [0.25, 0.3) is 0 Å². The Morgan fingerprint density at radius 1 is 0.667 bits per heavy atom. The highest BCUT2D eigenvalue weighted by Crippen LogP contribution is 2.29. The smallest absolute Gasteiger partial charge is 0.228 e. The van der Waals surface area contributed by atoms with Crippen LogP contribution in [0.3, 0.4) is 0 Å². The van der Waals surface area contributed by atoms with E-state index in [0.717, 1.165) is 16.7 Å². The summed E-state index contributed by atoms with van der Waals surface area (Å²) in [5.41, 5.74) is 2.88. The molecule has 174 valence electrons. The molecule has 1 saturated heterocycles. The van der Waals surface area contributed by atoms with Gasteiger partial charge in [-0.25, -0.2) is 4.39 Å². The Labute approximate surface area is 193 Å². The molecule has 0 saturated carbocycles. The van der Waals surface area contributed by atoms with Gasteiger partial charge in [0.2, 0.25) is 6.36 Å². The van der Waals surface area contributed by atoms with Gasteiger partial charge in [0.25, 0.3) is 0 Å². The minimum absolute atomic E-state index is 0.104. The topological polar surface area (TPSA) is 57.2 Å². The van der Waals surface area contributed by atoms with E-state index in [4.69, 9.17) is 18.9 Å². The summed E-state index contributed by atoms with van der Waals surface area (Å²) in [7, 11) is 0. The van der Waals surface area contributed by atoms with Crippen LogP contribution in [-0.4, -0.2) is 42.5 Å². The van der Waals surface area contributed by atoms with Crippen molar-refractivity contribution >= 4 is 0 Å².